The lowest BCUT2D eigenvalue weighted by atomic mass is 9.79. The monoisotopic (exact) mass is 184 g/mol. The quantitative estimate of drug-likeness (QED) is 0.698. The molecule has 0 heterocycles. The van der Waals surface area contributed by atoms with Gasteiger partial charge in [-0.3, -0.25) is 0 Å². The zero-order valence-electron chi connectivity index (χ0n) is 9.05. The van der Waals surface area contributed by atoms with Crippen LogP contribution in [0.25, 0.3) is 0 Å². The Balaban J connectivity index is 2.27. The Morgan fingerprint density at radius 2 is 1.85 bits per heavy atom. The van der Waals surface area contributed by atoms with Gasteiger partial charge in [0.2, 0.25) is 0 Å². The van der Waals surface area contributed by atoms with Crippen LogP contribution in [-0.4, -0.2) is 19.1 Å². The van der Waals surface area contributed by atoms with Gasteiger partial charge in [-0.25, -0.2) is 0 Å². The van der Waals surface area contributed by atoms with Gasteiger partial charge in [-0.15, -0.1) is 0 Å². The summed E-state index contributed by atoms with van der Waals surface area (Å²) in [5.41, 5.74) is 5.77. The van der Waals surface area contributed by atoms with Crippen molar-refractivity contribution in [1.82, 2.24) is 5.32 Å². The molecule has 78 valence electrons. The second-order valence-corrected chi connectivity index (χ2v) is 4.60. The molecular formula is C11H24N2. The molecule has 1 fully saturated rings. The van der Waals surface area contributed by atoms with Gasteiger partial charge in [0.25, 0.3) is 0 Å². The maximum absolute atomic E-state index is 5.77. The van der Waals surface area contributed by atoms with Crippen molar-refractivity contribution in [3.05, 3.63) is 0 Å². The van der Waals surface area contributed by atoms with E-state index in [1.54, 1.807) is 0 Å². The van der Waals surface area contributed by atoms with E-state index in [9.17, 15) is 0 Å². The number of nitrogens with one attached hydrogen (secondary N) is 1. The summed E-state index contributed by atoms with van der Waals surface area (Å²) in [4.78, 5) is 0. The third kappa shape index (κ3) is 3.65. The predicted molar refractivity (Wildman–Crippen MR) is 57.6 cm³/mol. The maximum atomic E-state index is 5.77. The highest BCUT2D eigenvalue weighted by Crippen LogP contribution is 2.28. The molecule has 2 atom stereocenters. The maximum Gasteiger partial charge on any atom is 0.00104 e. The molecule has 0 bridgehead atoms. The molecule has 2 unspecified atom stereocenters. The van der Waals surface area contributed by atoms with Crippen LogP contribution in [0, 0.1) is 11.8 Å². The van der Waals surface area contributed by atoms with Crippen molar-refractivity contribution < 1.29 is 0 Å². The smallest absolute Gasteiger partial charge is 0.00104 e. The average molecular weight is 184 g/mol. The van der Waals surface area contributed by atoms with E-state index in [4.69, 9.17) is 5.73 Å². The van der Waals surface area contributed by atoms with Gasteiger partial charge in [0.15, 0.2) is 0 Å². The van der Waals surface area contributed by atoms with Crippen LogP contribution in [0.5, 0.6) is 0 Å². The van der Waals surface area contributed by atoms with Crippen molar-refractivity contribution in [2.75, 3.05) is 13.1 Å². The van der Waals surface area contributed by atoms with Gasteiger partial charge in [0, 0.05) is 6.04 Å². The van der Waals surface area contributed by atoms with Gasteiger partial charge < -0.3 is 11.1 Å². The van der Waals surface area contributed by atoms with E-state index in [0.717, 1.165) is 18.4 Å². The van der Waals surface area contributed by atoms with Crippen molar-refractivity contribution in [1.29, 1.82) is 0 Å². The summed E-state index contributed by atoms with van der Waals surface area (Å²) in [6.45, 7) is 6.46. The van der Waals surface area contributed by atoms with Gasteiger partial charge in [-0.2, -0.15) is 0 Å². The highest BCUT2D eigenvalue weighted by atomic mass is 14.9. The fourth-order valence-electron chi connectivity index (χ4n) is 2.25. The number of hydrogen-bond donors (Lipinski definition) is 2. The zero-order valence-corrected chi connectivity index (χ0v) is 9.05. The summed E-state index contributed by atoms with van der Waals surface area (Å²) in [6, 6.07) is 0.611. The lowest BCUT2D eigenvalue weighted by Gasteiger charge is -2.31. The first kappa shape index (κ1) is 11.0. The highest BCUT2D eigenvalue weighted by molar-refractivity contribution is 4.78. The Labute approximate surface area is 82.3 Å². The van der Waals surface area contributed by atoms with E-state index in [1.165, 1.54) is 32.2 Å². The Hall–Kier alpha value is -0.0800. The molecule has 0 radical (unpaired) electrons. The van der Waals surface area contributed by atoms with Gasteiger partial charge >= 0.3 is 0 Å². The summed E-state index contributed by atoms with van der Waals surface area (Å²) < 4.78 is 0. The molecule has 0 aromatic carbocycles. The van der Waals surface area contributed by atoms with Crippen LogP contribution < -0.4 is 11.1 Å². The van der Waals surface area contributed by atoms with E-state index in [-0.39, 0.29) is 0 Å². The summed E-state index contributed by atoms with van der Waals surface area (Å²) in [6.07, 6.45) is 5.52. The van der Waals surface area contributed by atoms with E-state index >= 15 is 0 Å². The van der Waals surface area contributed by atoms with E-state index in [0.29, 0.717) is 6.04 Å². The standard InChI is InChI=1S/C11H24N2/c1-9(2)13-8-11-6-4-3-5-10(11)7-12/h9-11,13H,3-8,12H2,1-2H3. The molecule has 0 aromatic heterocycles. The Morgan fingerprint density at radius 3 is 2.38 bits per heavy atom. The number of hydrogen-bond acceptors (Lipinski definition) is 2. The third-order valence-corrected chi connectivity index (χ3v) is 3.16. The molecule has 2 heteroatoms. The predicted octanol–water partition coefficient (Wildman–Crippen LogP) is 1.75. The topological polar surface area (TPSA) is 38.0 Å². The Morgan fingerprint density at radius 1 is 1.23 bits per heavy atom. The van der Waals surface area contributed by atoms with E-state index in [2.05, 4.69) is 19.2 Å². The molecular weight excluding hydrogens is 160 g/mol. The van der Waals surface area contributed by atoms with Crippen LogP contribution in [0.1, 0.15) is 39.5 Å². The van der Waals surface area contributed by atoms with Gasteiger partial charge in [-0.1, -0.05) is 26.7 Å². The van der Waals surface area contributed by atoms with Crippen LogP contribution in [-0.2, 0) is 0 Å². The molecule has 1 aliphatic rings. The molecule has 3 N–H and O–H groups in total. The van der Waals surface area contributed by atoms with Gasteiger partial charge in [-0.05, 0) is 37.8 Å². The molecule has 1 rings (SSSR count). The lowest BCUT2D eigenvalue weighted by Crippen LogP contribution is -2.36. The van der Waals surface area contributed by atoms with E-state index in [1.807, 2.05) is 0 Å². The molecule has 1 saturated carbocycles. The molecule has 0 amide bonds. The third-order valence-electron chi connectivity index (χ3n) is 3.16. The highest BCUT2D eigenvalue weighted by Gasteiger charge is 2.23. The molecule has 13 heavy (non-hydrogen) atoms. The van der Waals surface area contributed by atoms with Crippen LogP contribution >= 0.6 is 0 Å². The molecule has 0 spiro atoms. The second-order valence-electron chi connectivity index (χ2n) is 4.60. The van der Waals surface area contributed by atoms with E-state index < -0.39 is 0 Å². The first-order valence-electron chi connectivity index (χ1n) is 5.67. The minimum Gasteiger partial charge on any atom is -0.330 e. The van der Waals surface area contributed by atoms with Crippen molar-refractivity contribution in [3.8, 4) is 0 Å². The minimum atomic E-state index is 0.611. The first-order chi connectivity index (χ1) is 6.24. The van der Waals surface area contributed by atoms with Crippen LogP contribution in [0.4, 0.5) is 0 Å². The summed E-state index contributed by atoms with van der Waals surface area (Å²) in [5.74, 6) is 1.61. The summed E-state index contributed by atoms with van der Waals surface area (Å²) in [7, 11) is 0. The van der Waals surface area contributed by atoms with Crippen molar-refractivity contribution in [2.24, 2.45) is 17.6 Å². The molecule has 2 nitrogen and oxygen atoms in total. The van der Waals surface area contributed by atoms with Gasteiger partial charge in [0.05, 0.1) is 0 Å². The Kier molecular flexibility index (Phi) is 4.74. The molecule has 0 saturated heterocycles. The fourth-order valence-corrected chi connectivity index (χ4v) is 2.25. The second kappa shape index (κ2) is 5.61. The average Bonchev–Trinajstić information content (AvgIpc) is 2.15. The summed E-state index contributed by atoms with van der Waals surface area (Å²) >= 11 is 0. The summed E-state index contributed by atoms with van der Waals surface area (Å²) in [5, 5.41) is 3.52. The van der Waals surface area contributed by atoms with Crippen LogP contribution in [0.15, 0.2) is 0 Å². The van der Waals surface area contributed by atoms with Crippen molar-refractivity contribution >= 4 is 0 Å². The van der Waals surface area contributed by atoms with Crippen LogP contribution in [0.2, 0.25) is 0 Å². The molecule has 0 aliphatic heterocycles. The first-order valence-corrected chi connectivity index (χ1v) is 5.67. The number of nitrogens with two attached hydrogens (primary N) is 1. The SMILES string of the molecule is CC(C)NCC1CCCCC1CN. The minimum absolute atomic E-state index is 0.611. The molecule has 1 aliphatic carbocycles. The van der Waals surface area contributed by atoms with Crippen LogP contribution in [0.3, 0.4) is 0 Å². The number of rotatable bonds is 4. The zero-order chi connectivity index (χ0) is 9.68. The lowest BCUT2D eigenvalue weighted by molar-refractivity contribution is 0.232. The largest absolute Gasteiger partial charge is 0.330 e. The van der Waals surface area contributed by atoms with Gasteiger partial charge in [0.1, 0.15) is 0 Å². The molecule has 0 aromatic rings. The Bertz CT molecular complexity index is 134. The van der Waals surface area contributed by atoms with Crippen molar-refractivity contribution in [3.63, 3.8) is 0 Å². The fraction of sp³-hybridized carbons (Fsp3) is 1.00. The van der Waals surface area contributed by atoms with Crippen molar-refractivity contribution in [2.45, 2.75) is 45.6 Å². The normalized spacial score (nSPS) is 29.5.